The Bertz CT molecular complexity index is 346. The van der Waals surface area contributed by atoms with Crippen molar-refractivity contribution in [1.29, 1.82) is 0 Å². The van der Waals surface area contributed by atoms with Crippen LogP contribution in [-0.4, -0.2) is 11.9 Å². The van der Waals surface area contributed by atoms with Gasteiger partial charge in [0.25, 0.3) is 0 Å². The van der Waals surface area contributed by atoms with E-state index < -0.39 is 0 Å². The summed E-state index contributed by atoms with van der Waals surface area (Å²) in [4.78, 5) is 10.9. The highest BCUT2D eigenvalue weighted by atomic mass is 16.1. The smallest absolute Gasteiger partial charge is 0.221 e. The van der Waals surface area contributed by atoms with E-state index >= 15 is 0 Å². The van der Waals surface area contributed by atoms with Crippen LogP contribution >= 0.6 is 0 Å². The minimum absolute atomic E-state index is 0.0441. The molecule has 0 aliphatic rings. The molecule has 0 aromatic heterocycles. The Kier molecular flexibility index (Phi) is 5.70. The molecule has 0 fully saturated rings. The van der Waals surface area contributed by atoms with Gasteiger partial charge in [0, 0.05) is 18.7 Å². The normalized spacial score (nSPS) is 12.2. The van der Waals surface area contributed by atoms with Crippen LogP contribution in [-0.2, 0) is 11.2 Å². The molecule has 0 aliphatic carbocycles. The van der Waals surface area contributed by atoms with Crippen LogP contribution in [0.5, 0.6) is 0 Å². The molecule has 3 nitrogen and oxygen atoms in total. The predicted octanol–water partition coefficient (Wildman–Crippen LogP) is 2.71. The molecule has 0 saturated carbocycles. The molecule has 0 radical (unpaired) electrons. The fourth-order valence-electron chi connectivity index (χ4n) is 1.80. The third-order valence-electron chi connectivity index (χ3n) is 2.70. The molecule has 1 rings (SSSR count). The molecule has 1 amide bonds. The molecule has 1 aromatic rings. The van der Waals surface area contributed by atoms with Gasteiger partial charge in [-0.05, 0) is 30.5 Å². The van der Waals surface area contributed by atoms with Gasteiger partial charge in [0.1, 0.15) is 0 Å². The van der Waals surface area contributed by atoms with Crippen LogP contribution in [0.2, 0.25) is 0 Å². The summed E-state index contributed by atoms with van der Waals surface area (Å²) in [5.41, 5.74) is 8.10. The number of hydrogen-bond acceptors (Lipinski definition) is 2. The number of carbonyl (C=O) groups is 1. The first-order chi connectivity index (χ1) is 8.11. The van der Waals surface area contributed by atoms with E-state index in [0.29, 0.717) is 0 Å². The van der Waals surface area contributed by atoms with Crippen molar-refractivity contribution in [3.05, 3.63) is 29.8 Å². The zero-order valence-electron chi connectivity index (χ0n) is 10.7. The van der Waals surface area contributed by atoms with E-state index in [9.17, 15) is 4.79 Å². The standard InChI is InChI=1S/C14H22N2O/c1-3-4-5-13(15)10-12-6-8-14(9-7-12)16-11(2)17/h6-9,13H,3-5,10,15H2,1-2H3,(H,16,17). The third kappa shape index (κ3) is 5.50. The van der Waals surface area contributed by atoms with E-state index in [0.717, 1.165) is 18.5 Å². The molecule has 0 bridgehead atoms. The second kappa shape index (κ2) is 7.07. The van der Waals surface area contributed by atoms with Gasteiger partial charge in [0.05, 0.1) is 0 Å². The Morgan fingerprint density at radius 3 is 2.53 bits per heavy atom. The molecular weight excluding hydrogens is 212 g/mol. The highest BCUT2D eigenvalue weighted by molar-refractivity contribution is 5.88. The minimum Gasteiger partial charge on any atom is -0.327 e. The van der Waals surface area contributed by atoms with Crippen molar-refractivity contribution >= 4 is 11.6 Å². The van der Waals surface area contributed by atoms with Gasteiger partial charge in [-0.25, -0.2) is 0 Å². The highest BCUT2D eigenvalue weighted by Crippen LogP contribution is 2.12. The van der Waals surface area contributed by atoms with E-state index in [1.54, 1.807) is 0 Å². The Hall–Kier alpha value is -1.35. The molecular formula is C14H22N2O. The lowest BCUT2D eigenvalue weighted by Crippen LogP contribution is -2.22. The van der Waals surface area contributed by atoms with E-state index in [4.69, 9.17) is 5.73 Å². The van der Waals surface area contributed by atoms with Gasteiger partial charge in [-0.2, -0.15) is 0 Å². The van der Waals surface area contributed by atoms with Gasteiger partial charge in [-0.1, -0.05) is 31.9 Å². The summed E-state index contributed by atoms with van der Waals surface area (Å²) in [6.45, 7) is 3.68. The maximum atomic E-state index is 10.9. The van der Waals surface area contributed by atoms with Crippen molar-refractivity contribution in [3.63, 3.8) is 0 Å². The average Bonchev–Trinajstić information content (AvgIpc) is 2.28. The van der Waals surface area contributed by atoms with Crippen LogP contribution in [0.1, 0.15) is 38.7 Å². The molecule has 0 heterocycles. The lowest BCUT2D eigenvalue weighted by Gasteiger charge is -2.11. The lowest BCUT2D eigenvalue weighted by molar-refractivity contribution is -0.114. The topological polar surface area (TPSA) is 55.1 Å². The summed E-state index contributed by atoms with van der Waals surface area (Å²) in [5.74, 6) is -0.0441. The molecule has 1 aromatic carbocycles. The van der Waals surface area contributed by atoms with Crippen LogP contribution in [0.15, 0.2) is 24.3 Å². The Morgan fingerprint density at radius 2 is 2.00 bits per heavy atom. The Labute approximate surface area is 103 Å². The summed E-state index contributed by atoms with van der Waals surface area (Å²) in [7, 11) is 0. The van der Waals surface area contributed by atoms with E-state index in [1.807, 2.05) is 24.3 Å². The second-order valence-electron chi connectivity index (χ2n) is 4.48. The van der Waals surface area contributed by atoms with Crippen molar-refractivity contribution in [2.24, 2.45) is 5.73 Å². The number of nitrogens with two attached hydrogens (primary N) is 1. The maximum absolute atomic E-state index is 10.9. The second-order valence-corrected chi connectivity index (χ2v) is 4.48. The number of unbranched alkanes of at least 4 members (excludes halogenated alkanes) is 1. The average molecular weight is 234 g/mol. The van der Waals surface area contributed by atoms with E-state index in [-0.39, 0.29) is 11.9 Å². The molecule has 3 N–H and O–H groups in total. The molecule has 0 aliphatic heterocycles. The zero-order valence-corrected chi connectivity index (χ0v) is 10.7. The summed E-state index contributed by atoms with van der Waals surface area (Å²) < 4.78 is 0. The number of benzene rings is 1. The van der Waals surface area contributed by atoms with Gasteiger partial charge < -0.3 is 11.1 Å². The summed E-state index contributed by atoms with van der Waals surface area (Å²) >= 11 is 0. The highest BCUT2D eigenvalue weighted by Gasteiger charge is 2.03. The van der Waals surface area contributed by atoms with Gasteiger partial charge in [0.15, 0.2) is 0 Å². The maximum Gasteiger partial charge on any atom is 0.221 e. The minimum atomic E-state index is -0.0441. The summed E-state index contributed by atoms with van der Waals surface area (Å²) in [6.07, 6.45) is 4.35. The number of hydrogen-bond donors (Lipinski definition) is 2. The van der Waals surface area contributed by atoms with Crippen molar-refractivity contribution in [2.75, 3.05) is 5.32 Å². The Morgan fingerprint density at radius 1 is 1.35 bits per heavy atom. The van der Waals surface area contributed by atoms with E-state index in [1.165, 1.54) is 25.3 Å². The van der Waals surface area contributed by atoms with Gasteiger partial charge in [-0.3, -0.25) is 4.79 Å². The molecule has 0 saturated heterocycles. The van der Waals surface area contributed by atoms with Crippen LogP contribution in [0.4, 0.5) is 5.69 Å². The number of nitrogens with one attached hydrogen (secondary N) is 1. The van der Waals surface area contributed by atoms with Crippen molar-refractivity contribution < 1.29 is 4.79 Å². The van der Waals surface area contributed by atoms with Gasteiger partial charge >= 0.3 is 0 Å². The summed E-state index contributed by atoms with van der Waals surface area (Å²) in [6, 6.07) is 8.13. The lowest BCUT2D eigenvalue weighted by atomic mass is 10.0. The van der Waals surface area contributed by atoms with Crippen LogP contribution in [0.25, 0.3) is 0 Å². The van der Waals surface area contributed by atoms with Crippen molar-refractivity contribution in [3.8, 4) is 0 Å². The number of carbonyl (C=O) groups excluding carboxylic acids is 1. The molecule has 3 heteroatoms. The number of amides is 1. The molecule has 1 unspecified atom stereocenters. The van der Waals surface area contributed by atoms with Gasteiger partial charge in [-0.15, -0.1) is 0 Å². The molecule has 17 heavy (non-hydrogen) atoms. The van der Waals surface area contributed by atoms with Crippen LogP contribution < -0.4 is 11.1 Å². The van der Waals surface area contributed by atoms with Crippen molar-refractivity contribution in [2.45, 2.75) is 45.6 Å². The van der Waals surface area contributed by atoms with E-state index in [2.05, 4.69) is 12.2 Å². The zero-order chi connectivity index (χ0) is 12.7. The van der Waals surface area contributed by atoms with Gasteiger partial charge in [0.2, 0.25) is 5.91 Å². The van der Waals surface area contributed by atoms with Crippen LogP contribution in [0, 0.1) is 0 Å². The monoisotopic (exact) mass is 234 g/mol. The first-order valence-electron chi connectivity index (χ1n) is 6.24. The first kappa shape index (κ1) is 13.7. The van der Waals surface area contributed by atoms with Crippen LogP contribution in [0.3, 0.4) is 0 Å². The Balaban J connectivity index is 2.47. The number of rotatable bonds is 6. The molecule has 0 spiro atoms. The fourth-order valence-corrected chi connectivity index (χ4v) is 1.80. The molecule has 94 valence electrons. The first-order valence-corrected chi connectivity index (χ1v) is 6.24. The van der Waals surface area contributed by atoms with Crippen molar-refractivity contribution in [1.82, 2.24) is 0 Å². The largest absolute Gasteiger partial charge is 0.327 e. The number of anilines is 1. The third-order valence-corrected chi connectivity index (χ3v) is 2.70. The predicted molar refractivity (Wildman–Crippen MR) is 72.0 cm³/mol. The summed E-state index contributed by atoms with van der Waals surface area (Å²) in [5, 5.41) is 2.75. The molecule has 1 atom stereocenters. The fraction of sp³-hybridized carbons (Fsp3) is 0.500. The quantitative estimate of drug-likeness (QED) is 0.795. The SMILES string of the molecule is CCCCC(N)Cc1ccc(NC(C)=O)cc1.